The first-order chi connectivity index (χ1) is 52.4. The number of β-amino-alcohol motifs (C(OH)–C–C–N with tert-alkyl or cyclic N) is 2. The van der Waals surface area contributed by atoms with Gasteiger partial charge in [-0.3, -0.25) is 53.8 Å². The van der Waals surface area contributed by atoms with E-state index >= 15 is 0 Å². The fourth-order valence-electron chi connectivity index (χ4n) is 14.6. The second-order valence-electron chi connectivity index (χ2n) is 28.8. The molecule has 580 valence electrons. The van der Waals surface area contributed by atoms with Crippen LogP contribution < -0.4 is 49.4 Å². The number of fused-ring (bicyclic) bond motifs is 2. The summed E-state index contributed by atoms with van der Waals surface area (Å²) in [5.74, 6) is 0.796. The molecule has 4 aliphatic rings. The number of piperazine rings is 4. The van der Waals surface area contributed by atoms with Crippen LogP contribution >= 0.6 is 0 Å². The SMILES string of the molecule is C.O=C(CN1CCN(C(=O)CN2CCN(C[C@@H](O)COc3cccc4ncccc34)CC2)CC1)NC(CCCc1ccccc1)CCCc1ccccc1.O=C(CN1CCNCC1)NC(CCCc1ccccc1)CCCc1ccccc1.O=C([O-])CN1CCN(C[C@@H](O)COc2cccc3ncccc23)CC1.[Li+]. The molecule has 8 aromatic rings. The van der Waals surface area contributed by atoms with Crippen LogP contribution in [0.1, 0.15) is 81.0 Å². The maximum Gasteiger partial charge on any atom is 1.00 e. The predicted octanol–water partition coefficient (Wildman–Crippen LogP) is 4.67. The fourth-order valence-corrected chi connectivity index (χ4v) is 14.6. The zero-order valence-corrected chi connectivity index (χ0v) is 63.5. The third-order valence-corrected chi connectivity index (χ3v) is 20.5. The van der Waals surface area contributed by atoms with E-state index in [0.29, 0.717) is 77.7 Å². The number of carbonyl (C=O) groups is 4. The summed E-state index contributed by atoms with van der Waals surface area (Å²) in [6.07, 6.45) is 14.7. The van der Waals surface area contributed by atoms with Crippen molar-refractivity contribution in [2.24, 2.45) is 0 Å². The average Bonchev–Trinajstić information content (AvgIpc) is 0.834. The Hall–Kier alpha value is -8.14. The van der Waals surface area contributed by atoms with Gasteiger partial charge in [0.2, 0.25) is 17.7 Å². The monoisotopic (exact) mass is 1480 g/mol. The standard InChI is InChI=1S/C43H56N6O4.C25H35N3O.C18H23N3O4.CH4.Li/c50-38(34-53-41-21-9-20-40-39(41)19-10-22-44-40)31-46-23-25-48(26-24-46)33-43(52)49-29-27-47(28-30-49)32-42(51)45-37(17-7-15-35-11-3-1-4-12-35)18-8-16-36-13-5-2-6-14-36;29-25(21-28-19-17-26-18-20-28)27-24(15-7-13-22-9-3-1-4-10-22)16-8-14-23-11-5-2-6-12-23;22-14(11-20-7-9-21(10-8-20)12-18(23)24)13-25-17-5-1-4-16-15(17)3-2-6-19-16;;/h1-6,9-14,19-22,37-38,50H,7-8,15-18,23-34H2,(H,45,51);1-6,9-12,24,26H,7-8,13-21H2,(H,27,29);1-6,14,22H,7-13H2,(H,23,24);1H4;/q;;;;+1/p-1/t38-;;14-;;/m1.1../s1. The van der Waals surface area contributed by atoms with Crippen LogP contribution in [0.3, 0.4) is 0 Å². The Bertz CT molecular complexity index is 3770. The minimum absolute atomic E-state index is 0. The molecule has 4 saturated heterocycles. The van der Waals surface area contributed by atoms with Gasteiger partial charge in [-0.1, -0.05) is 141 Å². The first kappa shape index (κ1) is 86.5. The van der Waals surface area contributed by atoms with Crippen molar-refractivity contribution in [3.05, 3.63) is 217 Å². The van der Waals surface area contributed by atoms with Gasteiger partial charge in [0.05, 0.1) is 36.6 Å². The maximum absolute atomic E-state index is 13.2. The summed E-state index contributed by atoms with van der Waals surface area (Å²) in [5.41, 5.74) is 7.16. The zero-order valence-electron chi connectivity index (χ0n) is 63.5. The van der Waals surface area contributed by atoms with Crippen LogP contribution in [0.2, 0.25) is 0 Å². The molecule has 6 heterocycles. The van der Waals surface area contributed by atoms with Crippen molar-refractivity contribution in [2.75, 3.05) is 157 Å². The van der Waals surface area contributed by atoms with E-state index in [1.165, 1.54) is 22.3 Å². The van der Waals surface area contributed by atoms with Gasteiger partial charge in [-0.05, 0) is 148 Å². The number of carboxylic acid groups (broad SMARTS) is 1. The first-order valence-electron chi connectivity index (χ1n) is 39.0. The molecule has 21 nitrogen and oxygen atoms in total. The third kappa shape index (κ3) is 31.6. The van der Waals surface area contributed by atoms with Crippen molar-refractivity contribution >= 4 is 45.5 Å². The second-order valence-corrected chi connectivity index (χ2v) is 28.8. The van der Waals surface area contributed by atoms with E-state index in [-0.39, 0.29) is 75.9 Å². The fraction of sp³-hybridized carbons (Fsp3) is 0.471. The van der Waals surface area contributed by atoms with Gasteiger partial charge < -0.3 is 50.4 Å². The molecule has 0 spiro atoms. The molecular formula is C87H117LiN12O9. The van der Waals surface area contributed by atoms with Gasteiger partial charge in [-0.15, -0.1) is 0 Å². The first-order valence-corrected chi connectivity index (χ1v) is 39.0. The Morgan fingerprint density at radius 2 is 0.752 bits per heavy atom. The number of aryl methyl sites for hydroxylation is 4. The number of benzene rings is 6. The Kier molecular flexibility index (Phi) is 38.5. The van der Waals surface area contributed by atoms with Crippen LogP contribution in [0.25, 0.3) is 21.8 Å². The van der Waals surface area contributed by atoms with Crippen LogP contribution in [-0.2, 0) is 44.9 Å². The number of carbonyl (C=O) groups excluding carboxylic acids is 4. The van der Waals surface area contributed by atoms with Crippen molar-refractivity contribution in [2.45, 2.75) is 109 Å². The number of aliphatic hydroxyl groups is 2. The molecule has 0 radical (unpaired) electrons. The van der Waals surface area contributed by atoms with Gasteiger partial charge in [0, 0.05) is 160 Å². The Balaban J connectivity index is 0.000000225. The number of rotatable bonds is 36. The van der Waals surface area contributed by atoms with Crippen LogP contribution in [0, 0.1) is 0 Å². The summed E-state index contributed by atoms with van der Waals surface area (Å²) in [5, 5.41) is 43.5. The van der Waals surface area contributed by atoms with Gasteiger partial charge in [0.1, 0.15) is 36.9 Å². The number of carboxylic acids is 1. The van der Waals surface area contributed by atoms with E-state index in [2.05, 4.69) is 160 Å². The smallest absolute Gasteiger partial charge is 0.549 e. The number of aromatic nitrogens is 2. The normalized spacial score (nSPS) is 16.0. The molecule has 0 unspecified atom stereocenters. The number of hydrogen-bond acceptors (Lipinski definition) is 18. The van der Waals surface area contributed by atoms with E-state index in [1.54, 1.807) is 12.4 Å². The summed E-state index contributed by atoms with van der Waals surface area (Å²) in [6.45, 7) is 15.2. The Labute approximate surface area is 658 Å². The molecular weight excluding hydrogens is 1360 g/mol. The number of ether oxygens (including phenoxy) is 2. The number of amides is 3. The van der Waals surface area contributed by atoms with Gasteiger partial charge in [-0.2, -0.15) is 0 Å². The van der Waals surface area contributed by atoms with Crippen molar-refractivity contribution in [1.29, 1.82) is 0 Å². The third-order valence-electron chi connectivity index (χ3n) is 20.5. The number of pyridine rings is 2. The van der Waals surface area contributed by atoms with Gasteiger partial charge in [0.15, 0.2) is 0 Å². The topological polar surface area (TPSA) is 235 Å². The second kappa shape index (κ2) is 48.5. The maximum atomic E-state index is 13.2. The minimum Gasteiger partial charge on any atom is -0.549 e. The molecule has 2 atom stereocenters. The van der Waals surface area contributed by atoms with Gasteiger partial charge in [0.25, 0.3) is 0 Å². The molecule has 6 aromatic carbocycles. The van der Waals surface area contributed by atoms with E-state index in [1.807, 2.05) is 82.6 Å². The minimum atomic E-state index is -1.05. The molecule has 4 fully saturated rings. The molecule has 109 heavy (non-hydrogen) atoms. The number of nitrogens with zero attached hydrogens (tertiary/aromatic N) is 9. The molecule has 12 rings (SSSR count). The van der Waals surface area contributed by atoms with Crippen molar-refractivity contribution in [1.82, 2.24) is 60.2 Å². The van der Waals surface area contributed by atoms with E-state index in [0.717, 1.165) is 170 Å². The summed E-state index contributed by atoms with van der Waals surface area (Å²) in [6, 6.07) is 61.9. The van der Waals surface area contributed by atoms with Gasteiger partial charge >= 0.3 is 18.9 Å². The quantitative estimate of drug-likeness (QED) is 0.0336. The van der Waals surface area contributed by atoms with Crippen LogP contribution in [0.15, 0.2) is 194 Å². The van der Waals surface area contributed by atoms with Crippen molar-refractivity contribution < 1.29 is 62.8 Å². The van der Waals surface area contributed by atoms with E-state index in [9.17, 15) is 34.5 Å². The number of aliphatic hydroxyl groups excluding tert-OH is 2. The molecule has 22 heteroatoms. The summed E-state index contributed by atoms with van der Waals surface area (Å²) >= 11 is 0. The van der Waals surface area contributed by atoms with Crippen LogP contribution in [0.5, 0.6) is 11.5 Å². The molecule has 3 amide bonds. The van der Waals surface area contributed by atoms with E-state index < -0.39 is 18.2 Å². The van der Waals surface area contributed by atoms with Crippen LogP contribution in [-0.4, -0.2) is 260 Å². The molecule has 0 bridgehead atoms. The zero-order chi connectivity index (χ0) is 74.5. The molecule has 4 aliphatic heterocycles. The van der Waals surface area contributed by atoms with Gasteiger partial charge in [-0.25, -0.2) is 0 Å². The van der Waals surface area contributed by atoms with E-state index in [4.69, 9.17) is 9.47 Å². The number of nitrogens with one attached hydrogen (secondary N) is 3. The summed E-state index contributed by atoms with van der Waals surface area (Å²) in [7, 11) is 0. The molecule has 2 aromatic heterocycles. The summed E-state index contributed by atoms with van der Waals surface area (Å²) in [4.78, 5) is 73.1. The molecule has 5 N–H and O–H groups in total. The summed E-state index contributed by atoms with van der Waals surface area (Å²) < 4.78 is 11.7. The van der Waals surface area contributed by atoms with Crippen LogP contribution in [0.4, 0.5) is 0 Å². The predicted molar refractivity (Wildman–Crippen MR) is 428 cm³/mol. The number of hydrogen-bond donors (Lipinski definition) is 5. The Morgan fingerprint density at radius 3 is 1.13 bits per heavy atom. The molecule has 0 saturated carbocycles. The Morgan fingerprint density at radius 1 is 0.413 bits per heavy atom. The number of aliphatic carboxylic acids is 1. The molecule has 0 aliphatic carbocycles. The average molecular weight is 1480 g/mol. The van der Waals surface area contributed by atoms with Crippen molar-refractivity contribution in [3.63, 3.8) is 0 Å². The largest absolute Gasteiger partial charge is 1.00 e. The van der Waals surface area contributed by atoms with Crippen molar-refractivity contribution in [3.8, 4) is 11.5 Å².